The van der Waals surface area contributed by atoms with Crippen LogP contribution in [0.25, 0.3) is 0 Å². The average molecular weight is 575 g/mol. The lowest BCUT2D eigenvalue weighted by Gasteiger charge is -2.46. The van der Waals surface area contributed by atoms with E-state index in [0.29, 0.717) is 5.56 Å². The number of hydrogen-bond acceptors (Lipinski definition) is 10. The number of rotatable bonds is 8. The summed E-state index contributed by atoms with van der Waals surface area (Å²) in [5.41, 5.74) is 0.441. The molecule has 0 amide bonds. The highest BCUT2D eigenvalue weighted by Crippen LogP contribution is 2.42. The van der Waals surface area contributed by atoms with Crippen LogP contribution < -0.4 is 0 Å². The molecule has 10 nitrogen and oxygen atoms in total. The molecule has 4 rings (SSSR count). The maximum absolute atomic E-state index is 14.0. The molecule has 0 N–H and O–H groups in total. The molecule has 0 radical (unpaired) electrons. The molecule has 2 heterocycles. The molecule has 0 bridgehead atoms. The summed E-state index contributed by atoms with van der Waals surface area (Å²) in [5.74, 6) is 0. The van der Waals surface area contributed by atoms with E-state index in [1.165, 1.54) is 45.4 Å². The molecule has 5 atom stereocenters. The van der Waals surface area contributed by atoms with E-state index in [2.05, 4.69) is 0 Å². The molecule has 2 aromatic carbocycles. The van der Waals surface area contributed by atoms with Crippen LogP contribution in [0.1, 0.15) is 18.8 Å². The fourth-order valence-electron chi connectivity index (χ4n) is 4.26. The third-order valence-electron chi connectivity index (χ3n) is 5.85. The van der Waals surface area contributed by atoms with Crippen LogP contribution in [0.15, 0.2) is 69.3 Å². The lowest BCUT2D eigenvalue weighted by atomic mass is 9.95. The minimum Gasteiger partial charge on any atom is -0.372 e. The summed E-state index contributed by atoms with van der Waals surface area (Å²) in [4.78, 5) is -0.304. The van der Waals surface area contributed by atoms with Crippen molar-refractivity contribution in [2.24, 2.45) is 0 Å². The van der Waals surface area contributed by atoms with Crippen LogP contribution in [0, 0.1) is 0 Å². The highest BCUT2D eigenvalue weighted by Gasteiger charge is 2.52. The van der Waals surface area contributed by atoms with E-state index < -0.39 is 55.1 Å². The van der Waals surface area contributed by atoms with Crippen LogP contribution in [-0.2, 0) is 47.8 Å². The van der Waals surface area contributed by atoms with Crippen LogP contribution in [0.4, 0.5) is 0 Å². The van der Waals surface area contributed by atoms with Crippen molar-refractivity contribution >= 4 is 31.6 Å². The fraction of sp³-hybridized carbons (Fsp3) is 0.417. The molecule has 2 saturated heterocycles. The van der Waals surface area contributed by atoms with Gasteiger partial charge in [0.2, 0.25) is 9.84 Å². The Hall–Kier alpha value is -1.87. The number of halogens is 1. The summed E-state index contributed by atoms with van der Waals surface area (Å²) in [7, 11) is -6.94. The Bertz CT molecular complexity index is 1330. The maximum Gasteiger partial charge on any atom is 0.308 e. The van der Waals surface area contributed by atoms with Crippen molar-refractivity contribution in [1.29, 1.82) is 0 Å². The topological polar surface area (TPSA) is 124 Å². The Labute approximate surface area is 221 Å². The molecule has 2 aliphatic heterocycles. The highest BCUT2D eigenvalue weighted by atomic mass is 35.5. The predicted octanol–water partition coefficient (Wildman–Crippen LogP) is 3.19. The molecule has 13 heteroatoms. The summed E-state index contributed by atoms with van der Waals surface area (Å²) < 4.78 is 87.8. The first-order valence-corrected chi connectivity index (χ1v) is 14.6. The van der Waals surface area contributed by atoms with Crippen molar-refractivity contribution in [1.82, 2.24) is 0 Å². The van der Waals surface area contributed by atoms with Gasteiger partial charge < -0.3 is 23.7 Å². The third kappa shape index (κ3) is 5.63. The predicted molar refractivity (Wildman–Crippen MR) is 133 cm³/mol. The second-order valence-electron chi connectivity index (χ2n) is 8.13. The van der Waals surface area contributed by atoms with E-state index in [1.807, 2.05) is 6.07 Å². The molecule has 202 valence electrons. The monoisotopic (exact) mass is 574 g/mol. The Morgan fingerprint density at radius 1 is 0.973 bits per heavy atom. The summed E-state index contributed by atoms with van der Waals surface area (Å²) in [6, 6.07) is 14.1. The number of sulfone groups is 1. The first-order chi connectivity index (χ1) is 17.6. The number of benzene rings is 2. The van der Waals surface area contributed by atoms with Crippen molar-refractivity contribution in [3.05, 3.63) is 75.0 Å². The number of methoxy groups -OCH3 is 2. The van der Waals surface area contributed by atoms with Crippen molar-refractivity contribution in [3.8, 4) is 0 Å². The normalized spacial score (nSPS) is 27.9. The van der Waals surface area contributed by atoms with Gasteiger partial charge in [-0.15, -0.1) is 0 Å². The maximum atomic E-state index is 14.0. The number of hydrogen-bond donors (Lipinski definition) is 0. The van der Waals surface area contributed by atoms with E-state index in [4.69, 9.17) is 39.5 Å². The van der Waals surface area contributed by atoms with Gasteiger partial charge in [-0.05, 0) is 31.2 Å². The van der Waals surface area contributed by atoms with Gasteiger partial charge in [-0.3, -0.25) is 4.18 Å². The second kappa shape index (κ2) is 11.5. The summed E-state index contributed by atoms with van der Waals surface area (Å²) in [6.07, 6.45) is -5.45. The van der Waals surface area contributed by atoms with Gasteiger partial charge in [-0.25, -0.2) is 8.42 Å². The van der Waals surface area contributed by atoms with Gasteiger partial charge >= 0.3 is 10.1 Å². The minimum atomic E-state index is -4.85. The van der Waals surface area contributed by atoms with Crippen molar-refractivity contribution in [3.63, 3.8) is 0 Å². The molecule has 0 spiro atoms. The van der Waals surface area contributed by atoms with Crippen LogP contribution in [0.5, 0.6) is 0 Å². The SMILES string of the molecule is CCOS(=O)(=O)/C(=C1/[C@@H](OC)[C@@H](OC)O[C@@H]2COC(c3ccccc3)O[C@@H]12)S(=O)(=O)c1ccc(Cl)cc1. The highest BCUT2D eigenvalue weighted by molar-refractivity contribution is 8.12. The molecular formula is C24H27ClO10S2. The molecule has 2 aromatic rings. The van der Waals surface area contributed by atoms with E-state index in [9.17, 15) is 16.8 Å². The quantitative estimate of drug-likeness (QED) is 0.434. The van der Waals surface area contributed by atoms with Gasteiger partial charge in [0.05, 0.1) is 18.1 Å². The first kappa shape index (κ1) is 28.1. The molecule has 0 saturated carbocycles. The van der Waals surface area contributed by atoms with Crippen molar-refractivity contribution < 1.29 is 44.7 Å². The van der Waals surface area contributed by atoms with Gasteiger partial charge in [-0.2, -0.15) is 8.42 Å². The summed E-state index contributed by atoms with van der Waals surface area (Å²) >= 11 is 5.94. The van der Waals surface area contributed by atoms with Gasteiger partial charge in [0.1, 0.15) is 18.3 Å². The van der Waals surface area contributed by atoms with E-state index in [1.54, 1.807) is 24.3 Å². The van der Waals surface area contributed by atoms with E-state index in [0.717, 1.165) is 0 Å². The van der Waals surface area contributed by atoms with Gasteiger partial charge in [0.15, 0.2) is 16.8 Å². The lowest BCUT2D eigenvalue weighted by molar-refractivity contribution is -0.316. The zero-order valence-electron chi connectivity index (χ0n) is 20.3. The first-order valence-electron chi connectivity index (χ1n) is 11.3. The molecule has 2 fully saturated rings. The summed E-state index contributed by atoms with van der Waals surface area (Å²) in [5, 5.41) is 0.277. The lowest BCUT2D eigenvalue weighted by Crippen LogP contribution is -2.56. The fourth-order valence-corrected chi connectivity index (χ4v) is 8.09. The van der Waals surface area contributed by atoms with Crippen molar-refractivity contribution in [2.45, 2.75) is 42.7 Å². The Morgan fingerprint density at radius 3 is 2.24 bits per heavy atom. The van der Waals surface area contributed by atoms with Gasteiger partial charge in [-0.1, -0.05) is 41.9 Å². The van der Waals surface area contributed by atoms with Crippen LogP contribution in [0.2, 0.25) is 5.02 Å². The largest absolute Gasteiger partial charge is 0.372 e. The van der Waals surface area contributed by atoms with Gasteiger partial charge in [0, 0.05) is 30.4 Å². The summed E-state index contributed by atoms with van der Waals surface area (Å²) in [6.45, 7) is 1.10. The zero-order chi connectivity index (χ0) is 26.8. The van der Waals surface area contributed by atoms with E-state index in [-0.39, 0.29) is 28.7 Å². The Balaban J connectivity index is 1.97. The number of ether oxygens (including phenoxy) is 5. The molecule has 0 aromatic heterocycles. The molecular weight excluding hydrogens is 548 g/mol. The number of fused-ring (bicyclic) bond motifs is 1. The molecule has 37 heavy (non-hydrogen) atoms. The molecule has 2 aliphatic rings. The van der Waals surface area contributed by atoms with Crippen LogP contribution >= 0.6 is 11.6 Å². The molecule has 1 unspecified atom stereocenters. The van der Waals surface area contributed by atoms with Crippen LogP contribution in [0.3, 0.4) is 0 Å². The Morgan fingerprint density at radius 2 is 1.65 bits per heavy atom. The minimum absolute atomic E-state index is 0.0347. The van der Waals surface area contributed by atoms with Crippen LogP contribution in [-0.4, -0.2) is 68.9 Å². The average Bonchev–Trinajstić information content (AvgIpc) is 2.88. The zero-order valence-corrected chi connectivity index (χ0v) is 22.7. The van der Waals surface area contributed by atoms with Crippen molar-refractivity contribution in [2.75, 3.05) is 27.4 Å². The van der Waals surface area contributed by atoms with E-state index >= 15 is 0 Å². The standard InChI is InChI=1S/C24H27ClO10S2/c1-4-33-37(28,29)24(36(26,27)17-12-10-16(25)11-13-17)19-20-18(34-23(31-3)21(19)30-2)14-32-22(35-20)15-8-6-5-7-9-15/h5-13,18,20-23H,4,14H2,1-3H3/b24-19+/t18-,20-,21-,22?,23+/m1/s1. The molecule has 0 aliphatic carbocycles. The van der Waals surface area contributed by atoms with Gasteiger partial charge in [0.25, 0.3) is 0 Å². The third-order valence-corrected chi connectivity index (χ3v) is 10.2. The Kier molecular flexibility index (Phi) is 8.73. The smallest absolute Gasteiger partial charge is 0.308 e. The second-order valence-corrected chi connectivity index (χ2v) is 12.3.